The van der Waals surface area contributed by atoms with Crippen LogP contribution in [0, 0.1) is 0 Å². The number of rotatable bonds is 1. The molecule has 0 fully saturated rings. The minimum Gasteiger partial charge on any atom is -0.255 e. The van der Waals surface area contributed by atoms with Gasteiger partial charge in [-0.15, -0.1) is 0 Å². The van der Waals surface area contributed by atoms with Crippen molar-refractivity contribution in [1.82, 2.24) is 9.78 Å². The van der Waals surface area contributed by atoms with E-state index in [0.717, 1.165) is 9.08 Å². The Labute approximate surface area is 76.9 Å². The van der Waals surface area contributed by atoms with E-state index < -0.39 is 0 Å². The molecular formula is C6H8Br2N2. The van der Waals surface area contributed by atoms with Crippen molar-refractivity contribution >= 4 is 31.9 Å². The zero-order valence-corrected chi connectivity index (χ0v) is 8.98. The van der Waals surface area contributed by atoms with Gasteiger partial charge in [-0.05, 0) is 45.7 Å². The predicted octanol–water partition coefficient (Wildman–Crippen LogP) is 2.99. The monoisotopic (exact) mass is 266 g/mol. The number of hydrogen-bond donors (Lipinski definition) is 0. The van der Waals surface area contributed by atoms with Crippen molar-refractivity contribution in [3.05, 3.63) is 15.3 Å². The third-order valence-corrected chi connectivity index (χ3v) is 3.09. The van der Waals surface area contributed by atoms with E-state index in [-0.39, 0.29) is 0 Å². The van der Waals surface area contributed by atoms with Crippen LogP contribution in [0.1, 0.15) is 19.9 Å². The Morgan fingerprint density at radius 2 is 2.10 bits per heavy atom. The lowest BCUT2D eigenvalue weighted by atomic mass is 10.4. The molecule has 0 aliphatic rings. The second-order valence-corrected chi connectivity index (χ2v) is 3.93. The summed E-state index contributed by atoms with van der Waals surface area (Å²) in [5, 5.41) is 4.14. The topological polar surface area (TPSA) is 17.8 Å². The fraction of sp³-hybridized carbons (Fsp3) is 0.500. The predicted molar refractivity (Wildman–Crippen MR) is 48.0 cm³/mol. The molecule has 0 spiro atoms. The Hall–Kier alpha value is 0.170. The van der Waals surface area contributed by atoms with Crippen LogP contribution in [0.25, 0.3) is 0 Å². The van der Waals surface area contributed by atoms with Gasteiger partial charge in [0.05, 0.1) is 10.7 Å². The lowest BCUT2D eigenvalue weighted by molar-refractivity contribution is 0.521. The van der Waals surface area contributed by atoms with Crippen molar-refractivity contribution < 1.29 is 0 Å². The van der Waals surface area contributed by atoms with Crippen LogP contribution in [0.4, 0.5) is 0 Å². The van der Waals surface area contributed by atoms with Crippen molar-refractivity contribution in [2.24, 2.45) is 0 Å². The van der Waals surface area contributed by atoms with Gasteiger partial charge < -0.3 is 0 Å². The highest BCUT2D eigenvalue weighted by atomic mass is 79.9. The third kappa shape index (κ3) is 1.42. The fourth-order valence-electron chi connectivity index (χ4n) is 0.686. The normalized spacial score (nSPS) is 10.9. The lowest BCUT2D eigenvalue weighted by Crippen LogP contribution is -2.02. The zero-order valence-electron chi connectivity index (χ0n) is 5.81. The minimum atomic E-state index is 0.403. The standard InChI is InChI=1S/C6H8Br2N2/c1-4(2)10-6(8)5(7)3-9-10/h3-4H,1-2H3. The van der Waals surface area contributed by atoms with E-state index in [2.05, 4.69) is 50.8 Å². The molecule has 0 saturated heterocycles. The van der Waals surface area contributed by atoms with Crippen LogP contribution < -0.4 is 0 Å². The van der Waals surface area contributed by atoms with Gasteiger partial charge in [0.1, 0.15) is 4.60 Å². The molecule has 0 aliphatic heterocycles. The minimum absolute atomic E-state index is 0.403. The van der Waals surface area contributed by atoms with E-state index in [0.29, 0.717) is 6.04 Å². The summed E-state index contributed by atoms with van der Waals surface area (Å²) in [5.41, 5.74) is 0. The van der Waals surface area contributed by atoms with E-state index in [1.165, 1.54) is 0 Å². The van der Waals surface area contributed by atoms with Gasteiger partial charge in [-0.3, -0.25) is 4.68 Å². The summed E-state index contributed by atoms with van der Waals surface area (Å²) in [6.07, 6.45) is 1.78. The summed E-state index contributed by atoms with van der Waals surface area (Å²) in [4.78, 5) is 0. The summed E-state index contributed by atoms with van der Waals surface area (Å²) < 4.78 is 3.91. The van der Waals surface area contributed by atoms with E-state index in [1.54, 1.807) is 6.20 Å². The summed E-state index contributed by atoms with van der Waals surface area (Å²) in [5.74, 6) is 0. The molecule has 0 N–H and O–H groups in total. The van der Waals surface area contributed by atoms with Crippen molar-refractivity contribution in [3.63, 3.8) is 0 Å². The average Bonchev–Trinajstić information content (AvgIpc) is 2.14. The zero-order chi connectivity index (χ0) is 7.72. The maximum Gasteiger partial charge on any atom is 0.118 e. The molecular weight excluding hydrogens is 260 g/mol. The van der Waals surface area contributed by atoms with E-state index in [4.69, 9.17) is 0 Å². The molecule has 56 valence electrons. The summed E-state index contributed by atoms with van der Waals surface area (Å²) >= 11 is 6.76. The molecule has 10 heavy (non-hydrogen) atoms. The van der Waals surface area contributed by atoms with Crippen molar-refractivity contribution in [2.75, 3.05) is 0 Å². The number of hydrogen-bond acceptors (Lipinski definition) is 1. The maximum atomic E-state index is 4.14. The first-order valence-corrected chi connectivity index (χ1v) is 4.60. The number of aromatic nitrogens is 2. The molecule has 1 aromatic rings. The molecule has 1 aromatic heterocycles. The summed E-state index contributed by atoms with van der Waals surface area (Å²) in [6.45, 7) is 4.18. The second kappa shape index (κ2) is 3.05. The first kappa shape index (κ1) is 8.27. The number of nitrogens with zero attached hydrogens (tertiary/aromatic N) is 2. The molecule has 0 atom stereocenters. The van der Waals surface area contributed by atoms with Gasteiger partial charge in [-0.1, -0.05) is 0 Å². The van der Waals surface area contributed by atoms with Crippen LogP contribution >= 0.6 is 31.9 Å². The van der Waals surface area contributed by atoms with Crippen molar-refractivity contribution in [2.45, 2.75) is 19.9 Å². The van der Waals surface area contributed by atoms with Gasteiger partial charge in [0, 0.05) is 6.04 Å². The van der Waals surface area contributed by atoms with Gasteiger partial charge in [0.25, 0.3) is 0 Å². The molecule has 0 amide bonds. The smallest absolute Gasteiger partial charge is 0.118 e. The van der Waals surface area contributed by atoms with Crippen molar-refractivity contribution in [1.29, 1.82) is 0 Å². The Morgan fingerprint density at radius 1 is 1.50 bits per heavy atom. The molecule has 0 aromatic carbocycles. The first-order chi connectivity index (χ1) is 4.63. The molecule has 1 heterocycles. The highest BCUT2D eigenvalue weighted by Gasteiger charge is 2.06. The molecule has 0 aliphatic carbocycles. The quantitative estimate of drug-likeness (QED) is 0.765. The maximum absolute atomic E-state index is 4.14. The van der Waals surface area contributed by atoms with Gasteiger partial charge in [0.2, 0.25) is 0 Å². The van der Waals surface area contributed by atoms with Gasteiger partial charge in [-0.2, -0.15) is 5.10 Å². The summed E-state index contributed by atoms with van der Waals surface area (Å²) in [6, 6.07) is 0.403. The number of halogens is 2. The van der Waals surface area contributed by atoms with Crippen LogP contribution in [0.3, 0.4) is 0 Å². The van der Waals surface area contributed by atoms with E-state index >= 15 is 0 Å². The van der Waals surface area contributed by atoms with E-state index in [9.17, 15) is 0 Å². The van der Waals surface area contributed by atoms with Gasteiger partial charge in [0.15, 0.2) is 0 Å². The van der Waals surface area contributed by atoms with E-state index in [1.807, 2.05) is 4.68 Å². The van der Waals surface area contributed by atoms with Crippen LogP contribution in [0.5, 0.6) is 0 Å². The second-order valence-electron chi connectivity index (χ2n) is 2.32. The molecule has 0 saturated carbocycles. The highest BCUT2D eigenvalue weighted by Crippen LogP contribution is 2.24. The molecule has 1 rings (SSSR count). The molecule has 4 heteroatoms. The average molecular weight is 268 g/mol. The highest BCUT2D eigenvalue weighted by molar-refractivity contribution is 9.13. The van der Waals surface area contributed by atoms with Gasteiger partial charge >= 0.3 is 0 Å². The van der Waals surface area contributed by atoms with Crippen LogP contribution in [-0.2, 0) is 0 Å². The summed E-state index contributed by atoms with van der Waals surface area (Å²) in [7, 11) is 0. The van der Waals surface area contributed by atoms with Gasteiger partial charge in [-0.25, -0.2) is 0 Å². The van der Waals surface area contributed by atoms with Crippen molar-refractivity contribution in [3.8, 4) is 0 Å². The first-order valence-electron chi connectivity index (χ1n) is 3.01. The third-order valence-electron chi connectivity index (χ3n) is 1.18. The molecule has 0 unspecified atom stereocenters. The lowest BCUT2D eigenvalue weighted by Gasteiger charge is -2.05. The fourth-order valence-corrected chi connectivity index (χ4v) is 1.56. The molecule has 2 nitrogen and oxygen atoms in total. The Balaban J connectivity index is 3.05. The van der Waals surface area contributed by atoms with Crippen LogP contribution in [-0.4, -0.2) is 9.78 Å². The molecule has 0 bridgehead atoms. The van der Waals surface area contributed by atoms with Crippen LogP contribution in [0.15, 0.2) is 15.3 Å². The Bertz CT molecular complexity index is 230. The molecule has 0 radical (unpaired) electrons. The Morgan fingerprint density at radius 3 is 2.30 bits per heavy atom. The SMILES string of the molecule is CC(C)n1ncc(Br)c1Br. The largest absolute Gasteiger partial charge is 0.255 e. The van der Waals surface area contributed by atoms with Crippen LogP contribution in [0.2, 0.25) is 0 Å². The Kier molecular flexibility index (Phi) is 2.52.